The summed E-state index contributed by atoms with van der Waals surface area (Å²) in [6.45, 7) is 1.97. The van der Waals surface area contributed by atoms with E-state index in [4.69, 9.17) is 23.2 Å². The van der Waals surface area contributed by atoms with Gasteiger partial charge in [0.2, 0.25) is 0 Å². The van der Waals surface area contributed by atoms with Crippen molar-refractivity contribution in [2.24, 2.45) is 0 Å². The third-order valence-corrected chi connectivity index (χ3v) is 6.02. The minimum absolute atomic E-state index is 0.192. The van der Waals surface area contributed by atoms with Crippen LogP contribution in [0, 0.1) is 6.92 Å². The Hall–Kier alpha value is -1.10. The second-order valence-corrected chi connectivity index (χ2v) is 7.28. The Morgan fingerprint density at radius 2 is 2.05 bits per heavy atom. The molecule has 0 atom stereocenters. The predicted molar refractivity (Wildman–Crippen MR) is 90.9 cm³/mol. The van der Waals surface area contributed by atoms with Gasteiger partial charge in [0.15, 0.2) is 0 Å². The van der Waals surface area contributed by atoms with Crippen molar-refractivity contribution in [1.29, 1.82) is 0 Å². The van der Waals surface area contributed by atoms with Gasteiger partial charge in [-0.2, -0.15) is 0 Å². The highest BCUT2D eigenvalue weighted by atomic mass is 35.5. The van der Waals surface area contributed by atoms with Crippen LogP contribution in [0.4, 0.5) is 0 Å². The second kappa shape index (κ2) is 6.19. The van der Waals surface area contributed by atoms with Crippen LogP contribution in [0.15, 0.2) is 23.6 Å². The molecule has 0 bridgehead atoms. The topological polar surface area (TPSA) is 42.0 Å². The van der Waals surface area contributed by atoms with E-state index < -0.39 is 0 Å². The van der Waals surface area contributed by atoms with Crippen molar-refractivity contribution in [3.8, 4) is 0 Å². The fraction of sp³-hybridized carbons (Fsp3) is 0.375. The van der Waals surface area contributed by atoms with Crippen molar-refractivity contribution in [3.05, 3.63) is 49.9 Å². The van der Waals surface area contributed by atoms with Gasteiger partial charge >= 0.3 is 0 Å². The molecular formula is C16H16Cl2N2OS. The van der Waals surface area contributed by atoms with E-state index in [2.05, 4.69) is 10.3 Å². The number of rotatable bonds is 3. The zero-order valence-corrected chi connectivity index (χ0v) is 14.5. The van der Waals surface area contributed by atoms with Crippen LogP contribution in [0.5, 0.6) is 0 Å². The number of benzene rings is 1. The lowest BCUT2D eigenvalue weighted by molar-refractivity contribution is 0.0898. The van der Waals surface area contributed by atoms with E-state index in [0.717, 1.165) is 36.4 Å². The average molecular weight is 355 g/mol. The quantitative estimate of drug-likeness (QED) is 0.846. The smallest absolute Gasteiger partial charge is 0.253 e. The molecule has 0 radical (unpaired) electrons. The maximum atomic E-state index is 12.7. The van der Waals surface area contributed by atoms with Gasteiger partial charge in [0.25, 0.3) is 5.91 Å². The number of amides is 1. The molecule has 0 unspecified atom stereocenters. The van der Waals surface area contributed by atoms with Gasteiger partial charge in [-0.25, -0.2) is 4.98 Å². The molecule has 1 saturated carbocycles. The van der Waals surface area contributed by atoms with Gasteiger partial charge < -0.3 is 5.32 Å². The highest BCUT2D eigenvalue weighted by Crippen LogP contribution is 2.40. The maximum Gasteiger partial charge on any atom is 0.253 e. The number of carbonyl (C=O) groups excluding carboxylic acids is 1. The number of hydrogen-bond donors (Lipinski definition) is 1. The fourth-order valence-corrected chi connectivity index (χ4v) is 4.31. The summed E-state index contributed by atoms with van der Waals surface area (Å²) in [7, 11) is 0. The Balaban J connectivity index is 1.91. The summed E-state index contributed by atoms with van der Waals surface area (Å²) in [6, 6.07) is 5.10. The van der Waals surface area contributed by atoms with Crippen LogP contribution < -0.4 is 5.32 Å². The van der Waals surface area contributed by atoms with Gasteiger partial charge in [0.1, 0.15) is 5.01 Å². The maximum absolute atomic E-state index is 12.7. The predicted octanol–water partition coefficient (Wildman–Crippen LogP) is 4.96. The summed E-state index contributed by atoms with van der Waals surface area (Å²) in [4.78, 5) is 17.3. The van der Waals surface area contributed by atoms with Crippen molar-refractivity contribution < 1.29 is 4.79 Å². The summed E-state index contributed by atoms with van der Waals surface area (Å²) < 4.78 is 0. The number of carbonyl (C=O) groups is 1. The molecule has 6 heteroatoms. The van der Waals surface area contributed by atoms with Gasteiger partial charge in [-0.15, -0.1) is 11.3 Å². The molecule has 1 aromatic carbocycles. The van der Waals surface area contributed by atoms with Crippen molar-refractivity contribution in [2.75, 3.05) is 0 Å². The Morgan fingerprint density at radius 1 is 1.32 bits per heavy atom. The third-order valence-electron chi connectivity index (χ3n) is 4.03. The van der Waals surface area contributed by atoms with E-state index >= 15 is 0 Å². The molecule has 0 spiro atoms. The van der Waals surface area contributed by atoms with Crippen molar-refractivity contribution in [1.82, 2.24) is 10.3 Å². The lowest BCUT2D eigenvalue weighted by Crippen LogP contribution is -2.43. The van der Waals surface area contributed by atoms with Gasteiger partial charge in [-0.1, -0.05) is 42.1 Å². The Labute approximate surface area is 143 Å². The largest absolute Gasteiger partial charge is 0.340 e. The van der Waals surface area contributed by atoms with E-state index in [9.17, 15) is 4.79 Å². The van der Waals surface area contributed by atoms with Crippen molar-refractivity contribution >= 4 is 40.4 Å². The number of aromatic nitrogens is 1. The summed E-state index contributed by atoms with van der Waals surface area (Å²) in [5.41, 5.74) is 1.02. The fourth-order valence-electron chi connectivity index (χ4n) is 2.91. The van der Waals surface area contributed by atoms with Crippen LogP contribution in [-0.2, 0) is 5.54 Å². The number of halogens is 2. The van der Waals surface area contributed by atoms with Gasteiger partial charge in [-0.05, 0) is 31.9 Å². The van der Waals surface area contributed by atoms with Crippen LogP contribution in [0.25, 0.3) is 0 Å². The highest BCUT2D eigenvalue weighted by Gasteiger charge is 2.40. The third kappa shape index (κ3) is 2.87. The lowest BCUT2D eigenvalue weighted by Gasteiger charge is -2.28. The van der Waals surface area contributed by atoms with Crippen LogP contribution in [0.1, 0.15) is 46.7 Å². The van der Waals surface area contributed by atoms with E-state index in [0.29, 0.717) is 15.6 Å². The summed E-state index contributed by atoms with van der Waals surface area (Å²) in [5, 5.41) is 6.86. The summed E-state index contributed by atoms with van der Waals surface area (Å²) in [6.07, 6.45) is 3.98. The molecule has 2 aromatic rings. The molecule has 1 heterocycles. The summed E-state index contributed by atoms with van der Waals surface area (Å²) >= 11 is 13.8. The normalized spacial score (nSPS) is 16.7. The van der Waals surface area contributed by atoms with E-state index in [1.807, 2.05) is 12.3 Å². The van der Waals surface area contributed by atoms with E-state index in [1.165, 1.54) is 0 Å². The number of aryl methyl sites for hydroxylation is 1. The zero-order valence-electron chi connectivity index (χ0n) is 12.2. The Kier molecular flexibility index (Phi) is 4.44. The van der Waals surface area contributed by atoms with E-state index in [-0.39, 0.29) is 11.4 Å². The first-order chi connectivity index (χ1) is 10.5. The molecule has 3 nitrogen and oxygen atoms in total. The number of nitrogens with one attached hydrogen (secondary N) is 1. The van der Waals surface area contributed by atoms with Gasteiger partial charge in [0, 0.05) is 11.1 Å². The van der Waals surface area contributed by atoms with Crippen LogP contribution in [0.3, 0.4) is 0 Å². The molecule has 3 rings (SSSR count). The van der Waals surface area contributed by atoms with Crippen molar-refractivity contribution in [2.45, 2.75) is 38.1 Å². The van der Waals surface area contributed by atoms with Crippen LogP contribution in [-0.4, -0.2) is 10.9 Å². The van der Waals surface area contributed by atoms with Crippen LogP contribution in [0.2, 0.25) is 10.0 Å². The summed E-state index contributed by atoms with van der Waals surface area (Å²) in [5.74, 6) is -0.192. The van der Waals surface area contributed by atoms with Crippen LogP contribution >= 0.6 is 34.5 Å². The minimum atomic E-state index is -0.373. The molecule has 0 aliphatic heterocycles. The number of thiazole rings is 1. The van der Waals surface area contributed by atoms with E-state index in [1.54, 1.807) is 29.5 Å². The number of nitrogens with zero attached hydrogens (tertiary/aromatic N) is 1. The average Bonchev–Trinajstić information content (AvgIpc) is 3.12. The highest BCUT2D eigenvalue weighted by molar-refractivity contribution is 7.09. The Bertz CT molecular complexity index is 708. The molecule has 0 saturated heterocycles. The molecule has 1 aromatic heterocycles. The molecule has 116 valence electrons. The molecular weight excluding hydrogens is 339 g/mol. The molecule has 1 N–H and O–H groups in total. The molecule has 22 heavy (non-hydrogen) atoms. The lowest BCUT2D eigenvalue weighted by atomic mass is 9.97. The molecule has 1 aliphatic rings. The monoisotopic (exact) mass is 354 g/mol. The first-order valence-electron chi connectivity index (χ1n) is 7.21. The van der Waals surface area contributed by atoms with Crippen molar-refractivity contribution in [3.63, 3.8) is 0 Å². The first-order valence-corrected chi connectivity index (χ1v) is 8.84. The second-order valence-electron chi connectivity index (χ2n) is 5.64. The number of hydrogen-bond acceptors (Lipinski definition) is 3. The Morgan fingerprint density at radius 3 is 2.68 bits per heavy atom. The minimum Gasteiger partial charge on any atom is -0.340 e. The SMILES string of the molecule is Cc1csc(C2(NC(=O)c3cccc(Cl)c3Cl)CCCC2)n1. The first kappa shape index (κ1) is 15.8. The standard InChI is InChI=1S/C16H16Cl2N2OS/c1-10-9-22-15(19-10)16(7-2-3-8-16)20-14(21)11-5-4-6-12(17)13(11)18/h4-6,9H,2-3,7-8H2,1H3,(H,20,21). The zero-order chi connectivity index (χ0) is 15.7. The molecule has 1 amide bonds. The van der Waals surface area contributed by atoms with Gasteiger partial charge in [0.05, 0.1) is 21.1 Å². The van der Waals surface area contributed by atoms with Gasteiger partial charge in [-0.3, -0.25) is 4.79 Å². The molecule has 1 fully saturated rings. The molecule has 1 aliphatic carbocycles.